The topological polar surface area (TPSA) is 78.7 Å². The number of carbonyl (C=O) groups is 1. The van der Waals surface area contributed by atoms with Crippen molar-refractivity contribution in [2.24, 2.45) is 0 Å². The molecule has 0 spiro atoms. The number of carbonyl (C=O) groups excluding carboxylic acids is 1. The van der Waals surface area contributed by atoms with E-state index in [4.69, 9.17) is 16.9 Å². The van der Waals surface area contributed by atoms with Crippen molar-refractivity contribution in [3.05, 3.63) is 40.4 Å². The summed E-state index contributed by atoms with van der Waals surface area (Å²) in [5.74, 6) is 0.312. The summed E-state index contributed by atoms with van der Waals surface area (Å²) in [6.07, 6.45) is 1.44. The van der Waals surface area contributed by atoms with E-state index in [1.165, 1.54) is 17.8 Å². The van der Waals surface area contributed by atoms with Gasteiger partial charge in [0.05, 0.1) is 0 Å². The first-order valence-corrected chi connectivity index (χ1v) is 8.42. The number of nitrogens with zero attached hydrogens (tertiary/aromatic N) is 3. The van der Waals surface area contributed by atoms with E-state index < -0.39 is 5.91 Å². The summed E-state index contributed by atoms with van der Waals surface area (Å²) in [4.78, 5) is 16.3. The van der Waals surface area contributed by atoms with E-state index in [0.29, 0.717) is 20.9 Å². The molecule has 1 aromatic carbocycles. The maximum absolute atomic E-state index is 12.1. The molecule has 0 saturated carbocycles. The molecule has 0 unspecified atom stereocenters. The summed E-state index contributed by atoms with van der Waals surface area (Å²) in [7, 11) is 0. The van der Waals surface area contributed by atoms with Gasteiger partial charge in [0.1, 0.15) is 11.6 Å². The normalized spacial score (nSPS) is 11.0. The summed E-state index contributed by atoms with van der Waals surface area (Å²) in [6.45, 7) is 1.99. The highest BCUT2D eigenvalue weighted by atomic mass is 35.5. The van der Waals surface area contributed by atoms with Gasteiger partial charge in [-0.05, 0) is 23.5 Å². The zero-order chi connectivity index (χ0) is 15.9. The molecule has 5 nitrogen and oxygen atoms in total. The minimum absolute atomic E-state index is 0.0482. The summed E-state index contributed by atoms with van der Waals surface area (Å²) in [5, 5.41) is 13.2. The van der Waals surface area contributed by atoms with Crippen molar-refractivity contribution in [1.29, 1.82) is 5.26 Å². The van der Waals surface area contributed by atoms with Gasteiger partial charge in [-0.3, -0.25) is 10.1 Å². The third-order valence-electron chi connectivity index (χ3n) is 2.47. The van der Waals surface area contributed by atoms with Crippen LogP contribution in [0.4, 0.5) is 5.13 Å². The lowest BCUT2D eigenvalue weighted by molar-refractivity contribution is -0.112. The molecule has 2 rings (SSSR count). The van der Waals surface area contributed by atoms with Crippen molar-refractivity contribution in [2.75, 3.05) is 11.1 Å². The molecular weight excluding hydrogens is 340 g/mol. The second-order valence-corrected chi connectivity index (χ2v) is 6.35. The molecule has 112 valence electrons. The Kier molecular flexibility index (Phi) is 5.95. The quantitative estimate of drug-likeness (QED) is 0.503. The number of hydrogen-bond acceptors (Lipinski definition) is 6. The molecule has 0 aliphatic rings. The number of benzene rings is 1. The minimum atomic E-state index is -0.536. The molecule has 0 aliphatic heterocycles. The van der Waals surface area contributed by atoms with Crippen LogP contribution in [0.5, 0.6) is 0 Å². The molecule has 0 radical (unpaired) electrons. The average Bonchev–Trinajstić information content (AvgIpc) is 2.94. The van der Waals surface area contributed by atoms with E-state index in [-0.39, 0.29) is 5.57 Å². The fraction of sp³-hybridized carbons (Fsp3) is 0.143. The molecule has 0 atom stereocenters. The lowest BCUT2D eigenvalue weighted by Crippen LogP contribution is -2.13. The predicted octanol–water partition coefficient (Wildman–Crippen LogP) is 3.85. The highest BCUT2D eigenvalue weighted by molar-refractivity contribution is 7.99. The fourth-order valence-corrected chi connectivity index (χ4v) is 2.96. The number of hydrogen-bond donors (Lipinski definition) is 1. The first-order chi connectivity index (χ1) is 10.6. The lowest BCUT2D eigenvalue weighted by atomic mass is 10.1. The highest BCUT2D eigenvalue weighted by Crippen LogP contribution is 2.21. The van der Waals surface area contributed by atoms with Gasteiger partial charge in [-0.25, -0.2) is 0 Å². The molecule has 0 saturated heterocycles. The van der Waals surface area contributed by atoms with E-state index in [2.05, 4.69) is 14.7 Å². The number of nitrogens with one attached hydrogen (secondary N) is 1. The Labute approximate surface area is 141 Å². The van der Waals surface area contributed by atoms with Crippen LogP contribution in [0.15, 0.2) is 35.0 Å². The smallest absolute Gasteiger partial charge is 0.268 e. The Morgan fingerprint density at radius 1 is 1.55 bits per heavy atom. The van der Waals surface area contributed by atoms with Crippen molar-refractivity contribution < 1.29 is 4.79 Å². The van der Waals surface area contributed by atoms with Crippen molar-refractivity contribution in [1.82, 2.24) is 9.36 Å². The van der Waals surface area contributed by atoms with Gasteiger partial charge in [0.25, 0.3) is 5.91 Å². The summed E-state index contributed by atoms with van der Waals surface area (Å²) < 4.78 is 4.10. The first-order valence-electron chi connectivity index (χ1n) is 6.28. The van der Waals surface area contributed by atoms with Crippen LogP contribution in [0, 0.1) is 11.3 Å². The average molecular weight is 351 g/mol. The zero-order valence-corrected chi connectivity index (χ0v) is 13.9. The van der Waals surface area contributed by atoms with Gasteiger partial charge in [0.2, 0.25) is 10.3 Å². The van der Waals surface area contributed by atoms with Crippen LogP contribution in [0.25, 0.3) is 6.08 Å². The predicted molar refractivity (Wildman–Crippen MR) is 90.0 cm³/mol. The van der Waals surface area contributed by atoms with Gasteiger partial charge < -0.3 is 0 Å². The Balaban J connectivity index is 2.15. The SMILES string of the molecule is CCSc1nsc(NC(=O)/C(C#N)=C\c2ccccc2Cl)n1. The molecule has 8 heteroatoms. The lowest BCUT2D eigenvalue weighted by Gasteiger charge is -2.01. The summed E-state index contributed by atoms with van der Waals surface area (Å²) >= 11 is 8.58. The van der Waals surface area contributed by atoms with E-state index in [9.17, 15) is 4.79 Å². The number of aromatic nitrogens is 2. The first kappa shape index (κ1) is 16.5. The van der Waals surface area contributed by atoms with E-state index in [1.807, 2.05) is 13.0 Å². The van der Waals surface area contributed by atoms with Crippen LogP contribution in [-0.2, 0) is 4.79 Å². The molecule has 1 N–H and O–H groups in total. The maximum Gasteiger partial charge on any atom is 0.268 e. The third-order valence-corrected chi connectivity index (χ3v) is 4.29. The fourth-order valence-electron chi connectivity index (χ4n) is 1.51. The van der Waals surface area contributed by atoms with Gasteiger partial charge in [0, 0.05) is 16.6 Å². The molecule has 2 aromatic rings. The Hall–Kier alpha value is -1.88. The van der Waals surface area contributed by atoms with Crippen molar-refractivity contribution in [3.63, 3.8) is 0 Å². The molecule has 0 bridgehead atoms. The molecule has 1 aromatic heterocycles. The number of rotatable bonds is 5. The van der Waals surface area contributed by atoms with Crippen LogP contribution in [0.2, 0.25) is 5.02 Å². The van der Waals surface area contributed by atoms with Crippen molar-refractivity contribution >= 4 is 52.0 Å². The van der Waals surface area contributed by atoms with Gasteiger partial charge in [-0.1, -0.05) is 48.5 Å². The number of halogens is 1. The van der Waals surface area contributed by atoms with E-state index in [1.54, 1.807) is 24.3 Å². The standard InChI is InChI=1S/C14H11ClN4OS2/c1-2-21-14-18-13(22-19-14)17-12(20)10(8-16)7-9-5-3-4-6-11(9)15/h3-7H,2H2,1H3,(H,17,18,19,20)/b10-7-. The van der Waals surface area contributed by atoms with E-state index in [0.717, 1.165) is 17.3 Å². The number of anilines is 1. The second-order valence-electron chi connectivity index (χ2n) is 3.96. The summed E-state index contributed by atoms with van der Waals surface area (Å²) in [5.41, 5.74) is 0.559. The van der Waals surface area contributed by atoms with Crippen molar-refractivity contribution in [2.45, 2.75) is 12.1 Å². The molecule has 1 amide bonds. The van der Waals surface area contributed by atoms with Crippen molar-refractivity contribution in [3.8, 4) is 6.07 Å². The minimum Gasteiger partial charge on any atom is -0.296 e. The Morgan fingerprint density at radius 2 is 2.32 bits per heavy atom. The Bertz CT molecular complexity index is 751. The van der Waals surface area contributed by atoms with Gasteiger partial charge in [-0.2, -0.15) is 14.6 Å². The number of nitriles is 1. The van der Waals surface area contributed by atoms with Gasteiger partial charge >= 0.3 is 0 Å². The van der Waals surface area contributed by atoms with Crippen LogP contribution in [-0.4, -0.2) is 21.0 Å². The van der Waals surface area contributed by atoms with Crippen LogP contribution in [0.3, 0.4) is 0 Å². The third kappa shape index (κ3) is 4.31. The number of thioether (sulfide) groups is 1. The van der Waals surface area contributed by atoms with Crippen LogP contribution >= 0.6 is 34.9 Å². The van der Waals surface area contributed by atoms with Gasteiger partial charge in [-0.15, -0.1) is 0 Å². The largest absolute Gasteiger partial charge is 0.296 e. The van der Waals surface area contributed by atoms with Crippen LogP contribution < -0.4 is 5.32 Å². The second kappa shape index (κ2) is 7.94. The molecule has 1 heterocycles. The zero-order valence-electron chi connectivity index (χ0n) is 11.5. The maximum atomic E-state index is 12.1. The van der Waals surface area contributed by atoms with E-state index >= 15 is 0 Å². The molecule has 0 fully saturated rings. The van der Waals surface area contributed by atoms with Crippen LogP contribution in [0.1, 0.15) is 12.5 Å². The highest BCUT2D eigenvalue weighted by Gasteiger charge is 2.13. The Morgan fingerprint density at radius 3 is 3.00 bits per heavy atom. The number of amides is 1. The monoisotopic (exact) mass is 350 g/mol. The molecule has 22 heavy (non-hydrogen) atoms. The molecular formula is C14H11ClN4OS2. The van der Waals surface area contributed by atoms with Gasteiger partial charge in [0.15, 0.2) is 0 Å². The molecule has 0 aliphatic carbocycles. The summed E-state index contributed by atoms with van der Waals surface area (Å²) in [6, 6.07) is 8.85.